The number of nitrogens with one attached hydrogen (secondary N) is 4. The normalized spacial score (nSPS) is 16.4. The molecule has 0 aliphatic carbocycles. The first-order chi connectivity index (χ1) is 15.4. The average Bonchev–Trinajstić information content (AvgIpc) is 2.82. The van der Waals surface area contributed by atoms with Gasteiger partial charge < -0.3 is 31.5 Å². The zero-order valence-electron chi connectivity index (χ0n) is 21.2. The van der Waals surface area contributed by atoms with Gasteiger partial charge in [0.1, 0.15) is 0 Å². The molecule has 0 saturated carbocycles. The van der Waals surface area contributed by atoms with E-state index in [0.29, 0.717) is 0 Å². The van der Waals surface area contributed by atoms with Crippen LogP contribution in [-0.2, 0) is 9.59 Å². The molecule has 0 amide bonds. The van der Waals surface area contributed by atoms with Crippen LogP contribution in [0.5, 0.6) is 0 Å². The van der Waals surface area contributed by atoms with Crippen molar-refractivity contribution in [1.82, 2.24) is 21.3 Å². The first kappa shape index (κ1) is 33.0. The molecule has 8 nitrogen and oxygen atoms in total. The minimum atomic E-state index is -0.745. The average molecular weight is 461 g/mol. The molecule has 0 aromatic heterocycles. The van der Waals surface area contributed by atoms with Crippen LogP contribution in [0.1, 0.15) is 78.1 Å². The lowest BCUT2D eigenvalue weighted by atomic mass is 9.87. The monoisotopic (exact) mass is 460 g/mol. The topological polar surface area (TPSA) is 123 Å². The van der Waals surface area contributed by atoms with E-state index in [2.05, 4.69) is 21.3 Å². The van der Waals surface area contributed by atoms with Gasteiger partial charge in [-0.2, -0.15) is 0 Å². The van der Waals surface area contributed by atoms with Crippen LogP contribution in [0.3, 0.4) is 0 Å². The van der Waals surface area contributed by atoms with E-state index in [4.69, 9.17) is 10.2 Å². The van der Waals surface area contributed by atoms with Gasteiger partial charge in [-0.3, -0.25) is 9.59 Å². The summed E-state index contributed by atoms with van der Waals surface area (Å²) in [5.74, 6) is 0.580. The second kappa shape index (κ2) is 26.0. The summed E-state index contributed by atoms with van der Waals surface area (Å²) in [7, 11) is 3.94. The van der Waals surface area contributed by atoms with Crippen molar-refractivity contribution < 1.29 is 19.8 Å². The summed E-state index contributed by atoms with van der Waals surface area (Å²) in [4.78, 5) is 18.7. The van der Waals surface area contributed by atoms with Crippen molar-refractivity contribution in [3.63, 3.8) is 0 Å². The highest BCUT2D eigenvalue weighted by Gasteiger charge is 2.15. The smallest absolute Gasteiger partial charge is 0.303 e. The minimum absolute atomic E-state index is 0.222. The molecular formula is C24H52N4O4. The van der Waals surface area contributed by atoms with Crippen LogP contribution < -0.4 is 21.3 Å². The Bertz CT molecular complexity index is 377. The molecule has 0 bridgehead atoms. The standard InChI is InChI=1S/C13H26N2.C5H14N2.2C3H6O2/c1(2-12-4-8-14-9-5-12)3-13-6-10-15-11-7-13;1-6-4-3-5-7-2;2*1-2-3(4)5/h12-15H,1-11H2;6-7H,3-5H2,1-2H3;2*2H2,1H3,(H,4,5). The maximum Gasteiger partial charge on any atom is 0.303 e. The molecule has 8 heteroatoms. The van der Waals surface area contributed by atoms with Crippen molar-refractivity contribution in [2.75, 3.05) is 53.4 Å². The van der Waals surface area contributed by atoms with Gasteiger partial charge in [0.05, 0.1) is 0 Å². The largest absolute Gasteiger partial charge is 0.481 e. The van der Waals surface area contributed by atoms with Gasteiger partial charge in [-0.15, -0.1) is 0 Å². The third kappa shape index (κ3) is 26.8. The lowest BCUT2D eigenvalue weighted by Crippen LogP contribution is -2.29. The van der Waals surface area contributed by atoms with E-state index in [-0.39, 0.29) is 12.8 Å². The molecule has 32 heavy (non-hydrogen) atoms. The quantitative estimate of drug-likeness (QED) is 0.275. The Balaban J connectivity index is 0. The molecule has 2 rings (SSSR count). The van der Waals surface area contributed by atoms with Crippen molar-refractivity contribution in [2.45, 2.75) is 78.1 Å². The van der Waals surface area contributed by atoms with E-state index in [9.17, 15) is 9.59 Å². The second-order valence-electron chi connectivity index (χ2n) is 8.37. The van der Waals surface area contributed by atoms with Crippen LogP contribution in [0.4, 0.5) is 0 Å². The van der Waals surface area contributed by atoms with Gasteiger partial charge in [-0.05, 0) is 97.3 Å². The van der Waals surface area contributed by atoms with E-state index in [1.165, 1.54) is 77.5 Å². The molecule has 0 unspecified atom stereocenters. The minimum Gasteiger partial charge on any atom is -0.481 e. The molecule has 0 atom stereocenters. The van der Waals surface area contributed by atoms with Gasteiger partial charge in [0.15, 0.2) is 0 Å². The summed E-state index contributed by atoms with van der Waals surface area (Å²) in [5, 5.41) is 28.5. The lowest BCUT2D eigenvalue weighted by Gasteiger charge is -2.25. The van der Waals surface area contributed by atoms with Gasteiger partial charge in [0.2, 0.25) is 0 Å². The van der Waals surface area contributed by atoms with Gasteiger partial charge in [-0.25, -0.2) is 0 Å². The number of hydrogen-bond acceptors (Lipinski definition) is 6. The highest BCUT2D eigenvalue weighted by Crippen LogP contribution is 2.23. The molecule has 0 aromatic carbocycles. The highest BCUT2D eigenvalue weighted by atomic mass is 16.4. The first-order valence-corrected chi connectivity index (χ1v) is 12.5. The lowest BCUT2D eigenvalue weighted by molar-refractivity contribution is -0.137. The highest BCUT2D eigenvalue weighted by molar-refractivity contribution is 5.66. The Morgan fingerprint density at radius 3 is 1.28 bits per heavy atom. The van der Waals surface area contributed by atoms with Crippen LogP contribution in [0.25, 0.3) is 0 Å². The molecule has 2 heterocycles. The number of carboxylic acids is 2. The summed E-state index contributed by atoms with van der Waals surface area (Å²) in [6.45, 7) is 10.5. The number of carboxylic acid groups (broad SMARTS) is 2. The van der Waals surface area contributed by atoms with Crippen molar-refractivity contribution in [3.8, 4) is 0 Å². The Morgan fingerprint density at radius 2 is 1.03 bits per heavy atom. The molecule has 0 aromatic rings. The summed E-state index contributed by atoms with van der Waals surface area (Å²) >= 11 is 0. The molecule has 2 aliphatic heterocycles. The third-order valence-corrected chi connectivity index (χ3v) is 5.60. The van der Waals surface area contributed by atoms with E-state index < -0.39 is 11.9 Å². The Labute approximate surface area is 196 Å². The number of hydrogen-bond donors (Lipinski definition) is 6. The van der Waals surface area contributed by atoms with Gasteiger partial charge in [0.25, 0.3) is 0 Å². The Morgan fingerprint density at radius 1 is 0.719 bits per heavy atom. The molecule has 192 valence electrons. The summed E-state index contributed by atoms with van der Waals surface area (Å²) in [5.41, 5.74) is 0. The fourth-order valence-electron chi connectivity index (χ4n) is 3.48. The number of aliphatic carboxylic acids is 2. The molecule has 0 spiro atoms. The summed E-state index contributed by atoms with van der Waals surface area (Å²) < 4.78 is 0. The van der Waals surface area contributed by atoms with E-state index in [0.717, 1.165) is 24.9 Å². The maximum absolute atomic E-state index is 9.37. The second-order valence-corrected chi connectivity index (χ2v) is 8.37. The summed E-state index contributed by atoms with van der Waals surface area (Å²) in [6, 6.07) is 0. The first-order valence-electron chi connectivity index (χ1n) is 12.5. The van der Waals surface area contributed by atoms with Gasteiger partial charge >= 0.3 is 11.9 Å². The van der Waals surface area contributed by atoms with Gasteiger partial charge in [0, 0.05) is 12.8 Å². The van der Waals surface area contributed by atoms with Crippen LogP contribution in [0.2, 0.25) is 0 Å². The fraction of sp³-hybridized carbons (Fsp3) is 0.917. The van der Waals surface area contributed by atoms with Crippen molar-refractivity contribution in [1.29, 1.82) is 0 Å². The molecule has 6 N–H and O–H groups in total. The van der Waals surface area contributed by atoms with Crippen molar-refractivity contribution in [3.05, 3.63) is 0 Å². The third-order valence-electron chi connectivity index (χ3n) is 5.60. The fourth-order valence-corrected chi connectivity index (χ4v) is 3.48. The van der Waals surface area contributed by atoms with Crippen molar-refractivity contribution in [2.24, 2.45) is 11.8 Å². The molecule has 0 radical (unpaired) electrons. The molecule has 2 fully saturated rings. The molecule has 2 saturated heterocycles. The Kier molecular flexibility index (Phi) is 26.8. The van der Waals surface area contributed by atoms with Crippen molar-refractivity contribution >= 4 is 11.9 Å². The summed E-state index contributed by atoms with van der Waals surface area (Å²) in [6.07, 6.45) is 11.8. The molecule has 2 aliphatic rings. The zero-order chi connectivity index (χ0) is 24.5. The van der Waals surface area contributed by atoms with Crippen LogP contribution in [0.15, 0.2) is 0 Å². The molecular weight excluding hydrogens is 408 g/mol. The number of rotatable bonds is 10. The zero-order valence-corrected chi connectivity index (χ0v) is 21.2. The number of carbonyl (C=O) groups is 2. The van der Waals surface area contributed by atoms with Crippen LogP contribution in [-0.4, -0.2) is 75.5 Å². The SMILES string of the molecule is C(CC1CCNCC1)CC1CCNCC1.CCC(=O)O.CCC(=O)O.CNCCCNC. The van der Waals surface area contributed by atoms with Gasteiger partial charge in [-0.1, -0.05) is 33.1 Å². The van der Waals surface area contributed by atoms with Crippen LogP contribution >= 0.6 is 0 Å². The van der Waals surface area contributed by atoms with E-state index in [1.807, 2.05) is 14.1 Å². The Hall–Kier alpha value is -1.22. The predicted octanol–water partition coefficient (Wildman–Crippen LogP) is 2.93. The number of piperidine rings is 2. The van der Waals surface area contributed by atoms with Crippen LogP contribution in [0, 0.1) is 11.8 Å². The van der Waals surface area contributed by atoms with E-state index >= 15 is 0 Å². The van der Waals surface area contributed by atoms with E-state index in [1.54, 1.807) is 13.8 Å². The predicted molar refractivity (Wildman–Crippen MR) is 133 cm³/mol. The maximum atomic E-state index is 9.37.